The van der Waals surface area contributed by atoms with E-state index in [1.54, 1.807) is 20.8 Å². The van der Waals surface area contributed by atoms with Crippen LogP contribution in [-0.2, 0) is 16.1 Å². The molecule has 24 heavy (non-hydrogen) atoms. The number of carbonyl (C=O) groups excluding carboxylic acids is 1. The van der Waals surface area contributed by atoms with Gasteiger partial charge in [-0.05, 0) is 39.2 Å². The fourth-order valence-corrected chi connectivity index (χ4v) is 2.95. The standard InChI is InChI=1S/C18H26N2O4/c1-18(2,3)20(17(22)23)15(13-14-9-5-4-6-10-14)16(21)19-11-7-8-12-24-19/h4-6,9-10,15H,7-8,11-13H2,1-3H3,(H,22,23)/t15-/m0/s1. The summed E-state index contributed by atoms with van der Waals surface area (Å²) >= 11 is 0. The molecule has 0 bridgehead atoms. The molecule has 0 aliphatic carbocycles. The summed E-state index contributed by atoms with van der Waals surface area (Å²) in [6, 6.07) is 8.66. The van der Waals surface area contributed by atoms with Gasteiger partial charge in [0.25, 0.3) is 5.91 Å². The van der Waals surface area contributed by atoms with Gasteiger partial charge in [-0.15, -0.1) is 0 Å². The van der Waals surface area contributed by atoms with Gasteiger partial charge in [0.15, 0.2) is 0 Å². The Kier molecular flexibility index (Phi) is 5.83. The molecule has 0 radical (unpaired) electrons. The molecule has 0 saturated carbocycles. The summed E-state index contributed by atoms with van der Waals surface area (Å²) in [6.45, 7) is 6.38. The lowest BCUT2D eigenvalue weighted by Crippen LogP contribution is -2.58. The molecule has 1 aromatic rings. The third kappa shape index (κ3) is 4.47. The molecule has 1 heterocycles. The maximum absolute atomic E-state index is 13.0. The van der Waals surface area contributed by atoms with Crippen LogP contribution in [0.2, 0.25) is 0 Å². The highest BCUT2D eigenvalue weighted by Gasteiger charge is 2.40. The minimum absolute atomic E-state index is 0.295. The van der Waals surface area contributed by atoms with Gasteiger partial charge >= 0.3 is 6.09 Å². The largest absolute Gasteiger partial charge is 0.465 e. The van der Waals surface area contributed by atoms with Crippen LogP contribution < -0.4 is 0 Å². The second-order valence-corrected chi connectivity index (χ2v) is 7.01. The zero-order chi connectivity index (χ0) is 17.7. The number of amides is 2. The van der Waals surface area contributed by atoms with Gasteiger partial charge in [0.2, 0.25) is 0 Å². The van der Waals surface area contributed by atoms with Crippen molar-refractivity contribution in [3.8, 4) is 0 Å². The number of carboxylic acid groups (broad SMARTS) is 1. The van der Waals surface area contributed by atoms with E-state index in [1.807, 2.05) is 30.3 Å². The van der Waals surface area contributed by atoms with Crippen molar-refractivity contribution < 1.29 is 19.5 Å². The molecule has 2 rings (SSSR count). The Morgan fingerprint density at radius 3 is 2.42 bits per heavy atom. The fourth-order valence-electron chi connectivity index (χ4n) is 2.95. The van der Waals surface area contributed by atoms with Gasteiger partial charge in [0.05, 0.1) is 6.61 Å². The smallest absolute Gasteiger partial charge is 0.408 e. The number of hydroxylamine groups is 2. The van der Waals surface area contributed by atoms with E-state index in [0.717, 1.165) is 18.4 Å². The van der Waals surface area contributed by atoms with Crippen LogP contribution in [0.5, 0.6) is 0 Å². The van der Waals surface area contributed by atoms with E-state index in [4.69, 9.17) is 4.84 Å². The summed E-state index contributed by atoms with van der Waals surface area (Å²) in [5, 5.41) is 11.1. The first-order chi connectivity index (χ1) is 11.3. The molecule has 1 aliphatic heterocycles. The Morgan fingerprint density at radius 2 is 1.92 bits per heavy atom. The number of rotatable bonds is 4. The highest BCUT2D eigenvalue weighted by molar-refractivity contribution is 5.85. The lowest BCUT2D eigenvalue weighted by Gasteiger charge is -2.41. The normalized spacial score (nSPS) is 16.5. The van der Waals surface area contributed by atoms with Crippen molar-refractivity contribution in [2.24, 2.45) is 0 Å². The molecule has 1 atom stereocenters. The quantitative estimate of drug-likeness (QED) is 0.919. The predicted octanol–water partition coefficient (Wildman–Crippen LogP) is 2.93. The molecule has 0 unspecified atom stereocenters. The SMILES string of the molecule is CC(C)(C)N(C(=O)O)[C@@H](Cc1ccccc1)C(=O)N1CCCCO1. The summed E-state index contributed by atoms with van der Waals surface area (Å²) in [7, 11) is 0. The molecule has 6 heteroatoms. The third-order valence-electron chi connectivity index (χ3n) is 4.05. The van der Waals surface area contributed by atoms with E-state index >= 15 is 0 Å². The highest BCUT2D eigenvalue weighted by atomic mass is 16.7. The van der Waals surface area contributed by atoms with E-state index in [1.165, 1.54) is 9.96 Å². The van der Waals surface area contributed by atoms with E-state index < -0.39 is 17.7 Å². The zero-order valence-electron chi connectivity index (χ0n) is 14.6. The zero-order valence-corrected chi connectivity index (χ0v) is 14.6. The molecule has 1 aromatic carbocycles. The number of benzene rings is 1. The Bertz CT molecular complexity index is 562. The first-order valence-corrected chi connectivity index (χ1v) is 8.31. The van der Waals surface area contributed by atoms with Crippen molar-refractivity contribution in [2.45, 2.75) is 51.6 Å². The Morgan fingerprint density at radius 1 is 1.25 bits per heavy atom. The topological polar surface area (TPSA) is 70.1 Å². The summed E-state index contributed by atoms with van der Waals surface area (Å²) in [4.78, 5) is 31.6. The van der Waals surface area contributed by atoms with Crippen LogP contribution >= 0.6 is 0 Å². The van der Waals surface area contributed by atoms with Crippen LogP contribution in [0.1, 0.15) is 39.2 Å². The average molecular weight is 334 g/mol. The predicted molar refractivity (Wildman–Crippen MR) is 90.4 cm³/mol. The van der Waals surface area contributed by atoms with Crippen LogP contribution in [0.15, 0.2) is 30.3 Å². The number of hydrogen-bond donors (Lipinski definition) is 1. The third-order valence-corrected chi connectivity index (χ3v) is 4.05. The van der Waals surface area contributed by atoms with Gasteiger partial charge in [-0.1, -0.05) is 30.3 Å². The van der Waals surface area contributed by atoms with Crippen molar-refractivity contribution in [1.82, 2.24) is 9.96 Å². The van der Waals surface area contributed by atoms with Crippen LogP contribution in [-0.4, -0.2) is 51.8 Å². The van der Waals surface area contributed by atoms with E-state index in [-0.39, 0.29) is 5.91 Å². The molecule has 2 amide bonds. The van der Waals surface area contributed by atoms with Gasteiger partial charge in [0, 0.05) is 18.5 Å². The molecular weight excluding hydrogens is 308 g/mol. The Hall–Kier alpha value is -2.08. The molecule has 0 spiro atoms. The summed E-state index contributed by atoms with van der Waals surface area (Å²) in [5.41, 5.74) is 0.222. The average Bonchev–Trinajstić information content (AvgIpc) is 2.53. The van der Waals surface area contributed by atoms with Crippen LogP contribution in [0.4, 0.5) is 4.79 Å². The second kappa shape index (κ2) is 7.66. The van der Waals surface area contributed by atoms with Crippen LogP contribution in [0.3, 0.4) is 0 Å². The van der Waals surface area contributed by atoms with E-state index in [2.05, 4.69) is 0 Å². The number of nitrogens with zero attached hydrogens (tertiary/aromatic N) is 2. The molecule has 1 saturated heterocycles. The lowest BCUT2D eigenvalue weighted by molar-refractivity contribution is -0.202. The fraction of sp³-hybridized carbons (Fsp3) is 0.556. The molecule has 6 nitrogen and oxygen atoms in total. The Labute approximate surface area is 143 Å². The summed E-state index contributed by atoms with van der Waals surface area (Å²) < 4.78 is 0. The second-order valence-electron chi connectivity index (χ2n) is 7.01. The maximum atomic E-state index is 13.0. The van der Waals surface area contributed by atoms with Crippen LogP contribution in [0, 0.1) is 0 Å². The molecule has 132 valence electrons. The molecule has 1 fully saturated rings. The maximum Gasteiger partial charge on any atom is 0.408 e. The minimum atomic E-state index is -1.10. The first-order valence-electron chi connectivity index (χ1n) is 8.31. The molecular formula is C18H26N2O4. The van der Waals surface area contributed by atoms with Crippen molar-refractivity contribution in [3.05, 3.63) is 35.9 Å². The molecule has 0 aromatic heterocycles. The van der Waals surface area contributed by atoms with Gasteiger partial charge in [-0.3, -0.25) is 14.5 Å². The van der Waals surface area contributed by atoms with Crippen LogP contribution in [0.25, 0.3) is 0 Å². The Balaban J connectivity index is 2.32. The molecule has 1 N–H and O–H groups in total. The summed E-state index contributed by atoms with van der Waals surface area (Å²) in [6.07, 6.45) is 0.999. The first kappa shape index (κ1) is 18.3. The number of hydrogen-bond acceptors (Lipinski definition) is 3. The van der Waals surface area contributed by atoms with Gasteiger partial charge in [-0.2, -0.15) is 0 Å². The van der Waals surface area contributed by atoms with E-state index in [0.29, 0.717) is 19.6 Å². The summed E-state index contributed by atoms with van der Waals surface area (Å²) in [5.74, 6) is -0.295. The van der Waals surface area contributed by atoms with Crippen molar-refractivity contribution in [3.63, 3.8) is 0 Å². The van der Waals surface area contributed by atoms with Crippen molar-refractivity contribution in [2.75, 3.05) is 13.2 Å². The van der Waals surface area contributed by atoms with Gasteiger partial charge in [-0.25, -0.2) is 9.86 Å². The minimum Gasteiger partial charge on any atom is -0.465 e. The van der Waals surface area contributed by atoms with E-state index in [9.17, 15) is 14.7 Å². The number of carbonyl (C=O) groups is 2. The van der Waals surface area contributed by atoms with Gasteiger partial charge in [0.1, 0.15) is 6.04 Å². The monoisotopic (exact) mass is 334 g/mol. The van der Waals surface area contributed by atoms with Gasteiger partial charge < -0.3 is 5.11 Å². The highest BCUT2D eigenvalue weighted by Crippen LogP contribution is 2.23. The van der Waals surface area contributed by atoms with Crippen molar-refractivity contribution >= 4 is 12.0 Å². The lowest BCUT2D eigenvalue weighted by atomic mass is 9.97. The van der Waals surface area contributed by atoms with Crippen molar-refractivity contribution in [1.29, 1.82) is 0 Å². The molecule has 1 aliphatic rings.